The molecule has 0 atom stereocenters. The minimum absolute atomic E-state index is 0.188. The molecule has 2 saturated heterocycles. The fourth-order valence-electron chi connectivity index (χ4n) is 3.59. The Balaban J connectivity index is 1.66. The van der Waals surface area contributed by atoms with Crippen LogP contribution in [0.3, 0.4) is 0 Å². The number of amides is 1. The molecule has 0 N–H and O–H groups in total. The highest BCUT2D eigenvalue weighted by molar-refractivity contribution is 7.86. The zero-order valence-electron chi connectivity index (χ0n) is 15.3. The van der Waals surface area contributed by atoms with Crippen molar-refractivity contribution in [3.05, 3.63) is 16.4 Å². The molecule has 10 heteroatoms. The molecule has 0 aromatic carbocycles. The minimum atomic E-state index is -3.45. The fraction of sp³-hybridized carbons (Fsp3) is 0.750. The smallest absolute Gasteiger partial charge is 0.282 e. The first-order valence-electron chi connectivity index (χ1n) is 9.06. The first kappa shape index (κ1) is 19.6. The largest absolute Gasteiger partial charge is 0.336 e. The molecule has 2 fully saturated rings. The van der Waals surface area contributed by atoms with Crippen molar-refractivity contribution in [2.45, 2.75) is 32.6 Å². The summed E-state index contributed by atoms with van der Waals surface area (Å²) >= 11 is 6.19. The standard InChI is InChI=1S/C16H26ClN5O3S/c1-13-14(15(17)19(2)18-13)16(23)20-9-11-22(12-10-20)26(24,25)21-7-5-3-4-6-8-21/h3-12H2,1-2H3. The highest BCUT2D eigenvalue weighted by Crippen LogP contribution is 2.23. The molecule has 1 aromatic rings. The number of aromatic nitrogens is 2. The molecule has 3 heterocycles. The fourth-order valence-corrected chi connectivity index (χ4v) is 5.52. The monoisotopic (exact) mass is 403 g/mol. The predicted octanol–water partition coefficient (Wildman–Crippen LogP) is 1.26. The molecule has 26 heavy (non-hydrogen) atoms. The van der Waals surface area contributed by atoms with Crippen LogP contribution in [0.15, 0.2) is 0 Å². The lowest BCUT2D eigenvalue weighted by Crippen LogP contribution is -2.54. The van der Waals surface area contributed by atoms with Crippen LogP contribution in [-0.2, 0) is 17.3 Å². The van der Waals surface area contributed by atoms with Crippen LogP contribution in [0, 0.1) is 6.92 Å². The number of carbonyl (C=O) groups is 1. The Kier molecular flexibility index (Phi) is 5.91. The van der Waals surface area contributed by atoms with E-state index in [-0.39, 0.29) is 5.91 Å². The third-order valence-corrected chi connectivity index (χ3v) is 7.58. The average molecular weight is 404 g/mol. The van der Waals surface area contributed by atoms with Gasteiger partial charge in [-0.2, -0.15) is 22.1 Å². The average Bonchev–Trinajstić information content (AvgIpc) is 2.82. The van der Waals surface area contributed by atoms with Crippen molar-refractivity contribution in [1.82, 2.24) is 23.3 Å². The van der Waals surface area contributed by atoms with E-state index in [9.17, 15) is 13.2 Å². The lowest BCUT2D eigenvalue weighted by atomic mass is 10.2. The Hall–Kier alpha value is -1.16. The molecule has 8 nitrogen and oxygen atoms in total. The number of hydrogen-bond donors (Lipinski definition) is 0. The summed E-state index contributed by atoms with van der Waals surface area (Å²) in [6.07, 6.45) is 3.99. The van der Waals surface area contributed by atoms with Crippen LogP contribution in [0.2, 0.25) is 5.15 Å². The molecule has 1 amide bonds. The number of carbonyl (C=O) groups excluding carboxylic acids is 1. The first-order chi connectivity index (χ1) is 12.3. The van der Waals surface area contributed by atoms with Gasteiger partial charge in [0.15, 0.2) is 0 Å². The van der Waals surface area contributed by atoms with Crippen molar-refractivity contribution in [1.29, 1.82) is 0 Å². The maximum absolute atomic E-state index is 12.9. The van der Waals surface area contributed by atoms with E-state index < -0.39 is 10.2 Å². The normalized spacial score (nSPS) is 21.0. The third-order valence-electron chi connectivity index (χ3n) is 5.11. The highest BCUT2D eigenvalue weighted by atomic mass is 35.5. The van der Waals surface area contributed by atoms with E-state index in [1.165, 1.54) is 8.99 Å². The molecule has 1 aromatic heterocycles. The molecule has 0 saturated carbocycles. The zero-order chi connectivity index (χ0) is 18.9. The number of rotatable bonds is 3. The van der Waals surface area contributed by atoms with Crippen LogP contribution in [0.5, 0.6) is 0 Å². The number of nitrogens with zero attached hydrogens (tertiary/aromatic N) is 5. The second kappa shape index (κ2) is 7.84. The van der Waals surface area contributed by atoms with Crippen molar-refractivity contribution in [2.24, 2.45) is 7.05 Å². The van der Waals surface area contributed by atoms with Crippen LogP contribution >= 0.6 is 11.6 Å². The van der Waals surface area contributed by atoms with Gasteiger partial charge in [0.25, 0.3) is 16.1 Å². The van der Waals surface area contributed by atoms with Crippen LogP contribution in [0.4, 0.5) is 0 Å². The summed E-state index contributed by atoms with van der Waals surface area (Å²) in [5.41, 5.74) is 0.986. The van der Waals surface area contributed by atoms with Gasteiger partial charge in [0, 0.05) is 46.3 Å². The van der Waals surface area contributed by atoms with Crippen LogP contribution < -0.4 is 0 Å². The van der Waals surface area contributed by atoms with E-state index in [2.05, 4.69) is 5.10 Å². The van der Waals surface area contributed by atoms with E-state index in [1.54, 1.807) is 23.2 Å². The molecular formula is C16H26ClN5O3S. The number of piperazine rings is 1. The van der Waals surface area contributed by atoms with Crippen molar-refractivity contribution < 1.29 is 13.2 Å². The molecule has 0 radical (unpaired) electrons. The first-order valence-corrected chi connectivity index (χ1v) is 10.8. The van der Waals surface area contributed by atoms with E-state index in [0.29, 0.717) is 55.7 Å². The van der Waals surface area contributed by atoms with Gasteiger partial charge in [-0.3, -0.25) is 9.48 Å². The van der Waals surface area contributed by atoms with Crippen molar-refractivity contribution in [2.75, 3.05) is 39.3 Å². The summed E-state index contributed by atoms with van der Waals surface area (Å²) in [5, 5.41) is 4.49. The Bertz CT molecular complexity index is 763. The Morgan fingerprint density at radius 3 is 2.00 bits per heavy atom. The maximum Gasteiger partial charge on any atom is 0.282 e. The van der Waals surface area contributed by atoms with E-state index in [4.69, 9.17) is 11.6 Å². The predicted molar refractivity (Wildman–Crippen MR) is 99.4 cm³/mol. The molecule has 0 spiro atoms. The summed E-state index contributed by atoms with van der Waals surface area (Å²) in [7, 11) is -1.76. The SMILES string of the molecule is Cc1nn(C)c(Cl)c1C(=O)N1CCN(S(=O)(=O)N2CCCCCC2)CC1. The molecular weight excluding hydrogens is 378 g/mol. The maximum atomic E-state index is 12.9. The van der Waals surface area contributed by atoms with Gasteiger partial charge >= 0.3 is 0 Å². The van der Waals surface area contributed by atoms with Gasteiger partial charge in [-0.25, -0.2) is 0 Å². The van der Waals surface area contributed by atoms with Crippen LogP contribution in [-0.4, -0.2) is 76.9 Å². The Labute approximate surface area is 159 Å². The van der Waals surface area contributed by atoms with Gasteiger partial charge in [-0.15, -0.1) is 0 Å². The topological polar surface area (TPSA) is 78.8 Å². The van der Waals surface area contributed by atoms with Crippen molar-refractivity contribution >= 4 is 27.7 Å². The minimum Gasteiger partial charge on any atom is -0.336 e. The van der Waals surface area contributed by atoms with Gasteiger partial charge in [0.1, 0.15) is 5.15 Å². The van der Waals surface area contributed by atoms with Crippen LogP contribution in [0.25, 0.3) is 0 Å². The lowest BCUT2D eigenvalue weighted by Gasteiger charge is -2.36. The second-order valence-electron chi connectivity index (χ2n) is 6.89. The molecule has 0 unspecified atom stereocenters. The van der Waals surface area contributed by atoms with Crippen molar-refractivity contribution in [3.63, 3.8) is 0 Å². The number of halogens is 1. The Morgan fingerprint density at radius 1 is 0.962 bits per heavy atom. The van der Waals surface area contributed by atoms with E-state index in [0.717, 1.165) is 25.7 Å². The quantitative estimate of drug-likeness (QED) is 0.761. The van der Waals surface area contributed by atoms with E-state index in [1.807, 2.05) is 0 Å². The molecule has 146 valence electrons. The molecule has 2 aliphatic heterocycles. The van der Waals surface area contributed by atoms with Gasteiger partial charge in [0.2, 0.25) is 0 Å². The highest BCUT2D eigenvalue weighted by Gasteiger charge is 2.34. The number of aryl methyl sites for hydroxylation is 2. The zero-order valence-corrected chi connectivity index (χ0v) is 16.9. The van der Waals surface area contributed by atoms with Crippen molar-refractivity contribution in [3.8, 4) is 0 Å². The summed E-state index contributed by atoms with van der Waals surface area (Å²) in [4.78, 5) is 14.4. The summed E-state index contributed by atoms with van der Waals surface area (Å²) < 4.78 is 30.3. The summed E-state index contributed by atoms with van der Waals surface area (Å²) in [6, 6.07) is 0. The molecule has 2 aliphatic rings. The summed E-state index contributed by atoms with van der Waals surface area (Å²) in [6.45, 7) is 4.26. The van der Waals surface area contributed by atoms with Gasteiger partial charge in [0.05, 0.1) is 11.3 Å². The molecule has 3 rings (SSSR count). The Morgan fingerprint density at radius 2 is 1.50 bits per heavy atom. The van der Waals surface area contributed by atoms with Gasteiger partial charge < -0.3 is 4.90 Å². The van der Waals surface area contributed by atoms with Crippen LogP contribution in [0.1, 0.15) is 41.7 Å². The van der Waals surface area contributed by atoms with Gasteiger partial charge in [-0.05, 0) is 19.8 Å². The van der Waals surface area contributed by atoms with E-state index >= 15 is 0 Å². The molecule has 0 bridgehead atoms. The molecule has 0 aliphatic carbocycles. The summed E-state index contributed by atoms with van der Waals surface area (Å²) in [5.74, 6) is -0.188. The third kappa shape index (κ3) is 3.76. The lowest BCUT2D eigenvalue weighted by molar-refractivity contribution is 0.0693. The van der Waals surface area contributed by atoms with Gasteiger partial charge in [-0.1, -0.05) is 24.4 Å². The number of hydrogen-bond acceptors (Lipinski definition) is 4. The second-order valence-corrected chi connectivity index (χ2v) is 9.17.